The summed E-state index contributed by atoms with van der Waals surface area (Å²) in [7, 11) is -3.89. The highest BCUT2D eigenvalue weighted by molar-refractivity contribution is 7.93. The summed E-state index contributed by atoms with van der Waals surface area (Å²) in [5, 5.41) is 10.3. The molecule has 0 amide bonds. The van der Waals surface area contributed by atoms with Crippen molar-refractivity contribution in [3.8, 4) is 0 Å². The smallest absolute Gasteiger partial charge is 0.347 e. The first-order valence-corrected chi connectivity index (χ1v) is 7.10. The van der Waals surface area contributed by atoms with Gasteiger partial charge in [-0.15, -0.1) is 11.3 Å². The maximum Gasteiger partial charge on any atom is 0.347 e. The quantitative estimate of drug-likeness (QED) is 0.889. The Hall–Kier alpha value is -1.93. The van der Waals surface area contributed by atoms with Gasteiger partial charge in [-0.05, 0) is 23.6 Å². The van der Waals surface area contributed by atoms with Crippen molar-refractivity contribution in [1.29, 1.82) is 0 Å². The number of thiophene rings is 1. The summed E-state index contributed by atoms with van der Waals surface area (Å²) in [6.45, 7) is 0. The predicted molar refractivity (Wildman–Crippen MR) is 66.3 cm³/mol. The van der Waals surface area contributed by atoms with E-state index in [1.165, 1.54) is 36.0 Å². The molecule has 0 spiro atoms. The van der Waals surface area contributed by atoms with E-state index in [4.69, 9.17) is 5.11 Å². The van der Waals surface area contributed by atoms with Gasteiger partial charge in [-0.2, -0.15) is 0 Å². The van der Waals surface area contributed by atoms with Crippen molar-refractivity contribution in [3.63, 3.8) is 0 Å². The fraction of sp³-hybridized carbons (Fsp3) is 0. The molecule has 0 fully saturated rings. The Morgan fingerprint density at radius 2 is 1.94 bits per heavy atom. The van der Waals surface area contributed by atoms with Crippen LogP contribution in [0.2, 0.25) is 0 Å². The standard InChI is InChI=1S/C10H8N2O4S2/c13-10(14)9-8(3-6-17-9)18(15,16)12-7-1-4-11-5-2-7/h1-6H,(H,11,12)(H,13,14). The van der Waals surface area contributed by atoms with E-state index in [1.807, 2.05) is 0 Å². The number of rotatable bonds is 4. The number of nitrogens with one attached hydrogen (secondary N) is 1. The van der Waals surface area contributed by atoms with Crippen LogP contribution in [0.1, 0.15) is 9.67 Å². The van der Waals surface area contributed by atoms with Crippen LogP contribution in [-0.2, 0) is 10.0 Å². The number of pyridine rings is 1. The topological polar surface area (TPSA) is 96.4 Å². The molecule has 0 saturated heterocycles. The van der Waals surface area contributed by atoms with Crippen molar-refractivity contribution < 1.29 is 18.3 Å². The number of carboxylic acid groups (broad SMARTS) is 1. The van der Waals surface area contributed by atoms with Gasteiger partial charge in [0.2, 0.25) is 0 Å². The molecule has 2 rings (SSSR count). The van der Waals surface area contributed by atoms with Gasteiger partial charge < -0.3 is 5.11 Å². The summed E-state index contributed by atoms with van der Waals surface area (Å²) >= 11 is 0.864. The molecule has 0 radical (unpaired) electrons. The molecule has 0 aliphatic rings. The molecule has 6 nitrogen and oxygen atoms in total. The van der Waals surface area contributed by atoms with Crippen molar-refractivity contribution in [3.05, 3.63) is 40.8 Å². The third kappa shape index (κ3) is 2.49. The first-order valence-electron chi connectivity index (χ1n) is 4.74. The number of carbonyl (C=O) groups is 1. The zero-order chi connectivity index (χ0) is 13.2. The maximum atomic E-state index is 12.0. The minimum absolute atomic E-state index is 0.212. The van der Waals surface area contributed by atoms with E-state index in [0.717, 1.165) is 11.3 Å². The van der Waals surface area contributed by atoms with Crippen molar-refractivity contribution in [2.45, 2.75) is 4.90 Å². The Balaban J connectivity index is 2.37. The molecule has 0 aromatic carbocycles. The zero-order valence-corrected chi connectivity index (χ0v) is 10.5. The van der Waals surface area contributed by atoms with Crippen molar-refractivity contribution in [2.75, 3.05) is 4.72 Å². The van der Waals surface area contributed by atoms with Crippen LogP contribution in [0.5, 0.6) is 0 Å². The summed E-state index contributed by atoms with van der Waals surface area (Å²) in [4.78, 5) is 14.2. The van der Waals surface area contributed by atoms with Crippen LogP contribution < -0.4 is 4.72 Å². The molecule has 0 saturated carbocycles. The minimum Gasteiger partial charge on any atom is -0.477 e. The highest BCUT2D eigenvalue weighted by Gasteiger charge is 2.23. The van der Waals surface area contributed by atoms with E-state index in [9.17, 15) is 13.2 Å². The number of anilines is 1. The number of carboxylic acids is 1. The van der Waals surface area contributed by atoms with Crippen molar-refractivity contribution >= 4 is 33.0 Å². The van der Waals surface area contributed by atoms with Gasteiger partial charge in [0.25, 0.3) is 10.0 Å². The number of aromatic nitrogens is 1. The molecule has 2 N–H and O–H groups in total. The minimum atomic E-state index is -3.89. The molecule has 0 aliphatic heterocycles. The molecule has 0 aliphatic carbocycles. The lowest BCUT2D eigenvalue weighted by atomic mass is 10.4. The fourth-order valence-corrected chi connectivity index (χ4v) is 3.61. The lowest BCUT2D eigenvalue weighted by Gasteiger charge is -2.06. The van der Waals surface area contributed by atoms with Gasteiger partial charge in [0, 0.05) is 12.4 Å². The summed E-state index contributed by atoms with van der Waals surface area (Å²) in [5.74, 6) is -1.26. The molecule has 18 heavy (non-hydrogen) atoms. The van der Waals surface area contributed by atoms with Gasteiger partial charge in [-0.1, -0.05) is 0 Å². The van der Waals surface area contributed by atoms with E-state index in [-0.39, 0.29) is 9.77 Å². The molecular formula is C10H8N2O4S2. The van der Waals surface area contributed by atoms with Gasteiger partial charge in [-0.3, -0.25) is 9.71 Å². The van der Waals surface area contributed by atoms with E-state index >= 15 is 0 Å². The summed E-state index contributed by atoms with van der Waals surface area (Å²) < 4.78 is 26.3. The second-order valence-electron chi connectivity index (χ2n) is 3.26. The number of hydrogen-bond acceptors (Lipinski definition) is 5. The number of hydrogen-bond donors (Lipinski definition) is 2. The monoisotopic (exact) mass is 284 g/mol. The summed E-state index contributed by atoms with van der Waals surface area (Å²) in [5.41, 5.74) is 0.326. The molecule has 8 heteroatoms. The first-order chi connectivity index (χ1) is 8.50. The third-order valence-electron chi connectivity index (χ3n) is 2.05. The van der Waals surface area contributed by atoms with Crippen LogP contribution in [0.3, 0.4) is 0 Å². The molecule has 94 valence electrons. The first kappa shape index (κ1) is 12.5. The van der Waals surface area contributed by atoms with Crippen LogP contribution in [0, 0.1) is 0 Å². The van der Waals surface area contributed by atoms with E-state index in [0.29, 0.717) is 5.69 Å². The van der Waals surface area contributed by atoms with Crippen molar-refractivity contribution in [1.82, 2.24) is 4.98 Å². The van der Waals surface area contributed by atoms with E-state index < -0.39 is 16.0 Å². The second-order valence-corrected chi connectivity index (χ2v) is 5.83. The molecule has 0 atom stereocenters. The second kappa shape index (κ2) is 4.75. The lowest BCUT2D eigenvalue weighted by molar-refractivity contribution is 0.0698. The van der Waals surface area contributed by atoms with Gasteiger partial charge in [0.05, 0.1) is 5.69 Å². The van der Waals surface area contributed by atoms with Crippen LogP contribution in [0.25, 0.3) is 0 Å². The van der Waals surface area contributed by atoms with Crippen LogP contribution in [-0.4, -0.2) is 24.5 Å². The average molecular weight is 284 g/mol. The number of sulfonamides is 1. The predicted octanol–water partition coefficient (Wildman–Crippen LogP) is 1.64. The summed E-state index contributed by atoms with van der Waals surface area (Å²) in [6.07, 6.45) is 2.87. The summed E-state index contributed by atoms with van der Waals surface area (Å²) in [6, 6.07) is 4.21. The fourth-order valence-electron chi connectivity index (χ4n) is 1.30. The number of nitrogens with zero attached hydrogens (tertiary/aromatic N) is 1. The molecule has 0 unspecified atom stereocenters. The van der Waals surface area contributed by atoms with Crippen LogP contribution >= 0.6 is 11.3 Å². The van der Waals surface area contributed by atoms with Crippen LogP contribution in [0.4, 0.5) is 5.69 Å². The normalized spacial score (nSPS) is 11.1. The van der Waals surface area contributed by atoms with Gasteiger partial charge >= 0.3 is 5.97 Å². The van der Waals surface area contributed by atoms with E-state index in [2.05, 4.69) is 9.71 Å². The highest BCUT2D eigenvalue weighted by Crippen LogP contribution is 2.24. The molecule has 2 aromatic heterocycles. The SMILES string of the molecule is O=C(O)c1sccc1S(=O)(=O)Nc1ccncc1. The van der Waals surface area contributed by atoms with Gasteiger partial charge in [-0.25, -0.2) is 13.2 Å². The Morgan fingerprint density at radius 3 is 2.56 bits per heavy atom. The largest absolute Gasteiger partial charge is 0.477 e. The van der Waals surface area contributed by atoms with Crippen molar-refractivity contribution in [2.24, 2.45) is 0 Å². The molecular weight excluding hydrogens is 276 g/mol. The van der Waals surface area contributed by atoms with E-state index in [1.54, 1.807) is 0 Å². The lowest BCUT2D eigenvalue weighted by Crippen LogP contribution is -2.15. The third-order valence-corrected chi connectivity index (χ3v) is 4.50. The number of aromatic carboxylic acids is 1. The highest BCUT2D eigenvalue weighted by atomic mass is 32.2. The van der Waals surface area contributed by atoms with Crippen LogP contribution in [0.15, 0.2) is 40.9 Å². The Bertz CT molecular complexity index is 664. The molecule has 2 heterocycles. The average Bonchev–Trinajstić information content (AvgIpc) is 2.79. The van der Waals surface area contributed by atoms with Gasteiger partial charge in [0.1, 0.15) is 9.77 Å². The molecule has 2 aromatic rings. The Kier molecular flexibility index (Phi) is 3.30. The Morgan fingerprint density at radius 1 is 1.28 bits per heavy atom. The Labute approximate surface area is 107 Å². The molecule has 0 bridgehead atoms. The maximum absolute atomic E-state index is 12.0. The van der Waals surface area contributed by atoms with Gasteiger partial charge in [0.15, 0.2) is 0 Å². The zero-order valence-electron chi connectivity index (χ0n) is 8.90.